The lowest BCUT2D eigenvalue weighted by atomic mass is 10.2. The molecule has 0 saturated heterocycles. The van der Waals surface area contributed by atoms with E-state index in [0.29, 0.717) is 5.82 Å². The van der Waals surface area contributed by atoms with Gasteiger partial charge in [0.2, 0.25) is 0 Å². The van der Waals surface area contributed by atoms with Crippen molar-refractivity contribution in [3.8, 4) is 11.3 Å². The van der Waals surface area contributed by atoms with Crippen LogP contribution in [-0.4, -0.2) is 14.9 Å². The molecule has 1 heterocycles. The summed E-state index contributed by atoms with van der Waals surface area (Å²) in [6.07, 6.45) is 1.69. The molecule has 0 saturated carbocycles. The van der Waals surface area contributed by atoms with Gasteiger partial charge in [0.1, 0.15) is 17.3 Å². The molecule has 0 bridgehead atoms. The first-order valence-corrected chi connectivity index (χ1v) is 6.90. The number of aromatic nitrogens is 2. The lowest BCUT2D eigenvalue weighted by Gasteiger charge is -2.05. The zero-order chi connectivity index (χ0) is 16.2. The Labute approximate surface area is 131 Å². The Morgan fingerprint density at radius 2 is 2.00 bits per heavy atom. The first kappa shape index (κ1) is 14.7. The minimum Gasteiger partial charge on any atom is -0.372 e. The van der Waals surface area contributed by atoms with Gasteiger partial charge in [0.15, 0.2) is 0 Å². The molecular weight excluding hydrogens is 299 g/mol. The number of hydrogen-bond donors (Lipinski definition) is 2. The SMILES string of the molecule is O=[N+]([O-])c1ccc(F)cc1NCc1ncc(-c2ccccc2)[nH]1. The molecule has 0 aliphatic heterocycles. The summed E-state index contributed by atoms with van der Waals surface area (Å²) in [5.74, 6) is 0.0601. The Balaban J connectivity index is 1.76. The number of nitrogens with zero attached hydrogens (tertiary/aromatic N) is 2. The van der Waals surface area contributed by atoms with Gasteiger partial charge in [-0.3, -0.25) is 10.1 Å². The van der Waals surface area contributed by atoms with E-state index in [1.54, 1.807) is 6.20 Å². The second kappa shape index (κ2) is 6.27. The van der Waals surface area contributed by atoms with Gasteiger partial charge in [0, 0.05) is 12.1 Å². The molecule has 0 aliphatic carbocycles. The van der Waals surface area contributed by atoms with E-state index in [1.165, 1.54) is 0 Å². The topological polar surface area (TPSA) is 83.8 Å². The van der Waals surface area contributed by atoms with Crippen LogP contribution in [0.15, 0.2) is 54.7 Å². The Hall–Kier alpha value is -3.22. The number of benzene rings is 2. The highest BCUT2D eigenvalue weighted by molar-refractivity contribution is 5.62. The van der Waals surface area contributed by atoms with Crippen LogP contribution in [0.5, 0.6) is 0 Å². The van der Waals surface area contributed by atoms with Crippen molar-refractivity contribution in [2.24, 2.45) is 0 Å². The average molecular weight is 312 g/mol. The third kappa shape index (κ3) is 3.34. The number of nitrogens with one attached hydrogen (secondary N) is 2. The molecule has 0 fully saturated rings. The summed E-state index contributed by atoms with van der Waals surface area (Å²) < 4.78 is 13.3. The number of H-pyrrole nitrogens is 1. The summed E-state index contributed by atoms with van der Waals surface area (Å²) in [6, 6.07) is 12.9. The first-order valence-electron chi connectivity index (χ1n) is 6.90. The van der Waals surface area contributed by atoms with E-state index in [1.807, 2.05) is 30.3 Å². The van der Waals surface area contributed by atoms with Gasteiger partial charge in [-0.1, -0.05) is 30.3 Å². The molecule has 2 aromatic carbocycles. The second-order valence-corrected chi connectivity index (χ2v) is 4.88. The zero-order valence-electron chi connectivity index (χ0n) is 12.0. The highest BCUT2D eigenvalue weighted by atomic mass is 19.1. The van der Waals surface area contributed by atoms with Crippen molar-refractivity contribution in [2.45, 2.75) is 6.54 Å². The van der Waals surface area contributed by atoms with Gasteiger partial charge in [-0.25, -0.2) is 9.37 Å². The molecule has 3 aromatic rings. The predicted octanol–water partition coefficient (Wildman–Crippen LogP) is 3.74. The minimum atomic E-state index is -0.556. The van der Waals surface area contributed by atoms with Crippen LogP contribution in [0, 0.1) is 15.9 Å². The highest BCUT2D eigenvalue weighted by Gasteiger charge is 2.14. The standard InChI is InChI=1S/C16H13FN4O2/c17-12-6-7-15(21(22)23)13(8-12)18-10-16-19-9-14(20-16)11-4-2-1-3-5-11/h1-9,18H,10H2,(H,19,20). The number of nitro groups is 1. The fourth-order valence-electron chi connectivity index (χ4n) is 2.20. The van der Waals surface area contributed by atoms with Gasteiger partial charge in [-0.15, -0.1) is 0 Å². The quantitative estimate of drug-likeness (QED) is 0.555. The third-order valence-electron chi connectivity index (χ3n) is 3.31. The number of aromatic amines is 1. The van der Waals surface area contributed by atoms with Gasteiger partial charge in [0.25, 0.3) is 5.69 Å². The lowest BCUT2D eigenvalue weighted by molar-refractivity contribution is -0.384. The van der Waals surface area contributed by atoms with Gasteiger partial charge in [0.05, 0.1) is 23.4 Å². The molecule has 6 nitrogen and oxygen atoms in total. The second-order valence-electron chi connectivity index (χ2n) is 4.88. The van der Waals surface area contributed by atoms with Crippen LogP contribution in [0.1, 0.15) is 5.82 Å². The zero-order valence-corrected chi connectivity index (χ0v) is 12.0. The smallest absolute Gasteiger partial charge is 0.292 e. The summed E-state index contributed by atoms with van der Waals surface area (Å²) in [5.41, 5.74) is 1.77. The van der Waals surface area contributed by atoms with Crippen molar-refractivity contribution in [3.05, 3.63) is 76.5 Å². The Bertz CT molecular complexity index is 833. The number of nitro benzene ring substituents is 1. The summed E-state index contributed by atoms with van der Waals surface area (Å²) in [4.78, 5) is 17.7. The molecule has 0 spiro atoms. The monoisotopic (exact) mass is 312 g/mol. The van der Waals surface area contributed by atoms with Crippen molar-refractivity contribution in [3.63, 3.8) is 0 Å². The minimum absolute atomic E-state index is 0.118. The van der Waals surface area contributed by atoms with Crippen LogP contribution in [0.25, 0.3) is 11.3 Å². The Morgan fingerprint density at radius 1 is 1.22 bits per heavy atom. The maximum Gasteiger partial charge on any atom is 0.292 e. The van der Waals surface area contributed by atoms with Crippen molar-refractivity contribution in [2.75, 3.05) is 5.32 Å². The van der Waals surface area contributed by atoms with E-state index in [0.717, 1.165) is 29.5 Å². The van der Waals surface area contributed by atoms with E-state index in [2.05, 4.69) is 15.3 Å². The highest BCUT2D eigenvalue weighted by Crippen LogP contribution is 2.25. The van der Waals surface area contributed by atoms with Crippen LogP contribution >= 0.6 is 0 Å². The summed E-state index contributed by atoms with van der Waals surface area (Å²) in [7, 11) is 0. The molecule has 116 valence electrons. The molecule has 3 rings (SSSR count). The van der Waals surface area contributed by atoms with Crippen LogP contribution in [0.4, 0.5) is 15.8 Å². The Morgan fingerprint density at radius 3 is 2.74 bits per heavy atom. The number of hydrogen-bond acceptors (Lipinski definition) is 4. The maximum atomic E-state index is 13.3. The van der Waals surface area contributed by atoms with E-state index in [-0.39, 0.29) is 17.9 Å². The maximum absolute atomic E-state index is 13.3. The van der Waals surface area contributed by atoms with E-state index >= 15 is 0 Å². The molecule has 0 amide bonds. The summed E-state index contributed by atoms with van der Waals surface area (Å²) >= 11 is 0. The molecule has 0 atom stereocenters. The fourth-order valence-corrected chi connectivity index (χ4v) is 2.20. The van der Waals surface area contributed by atoms with Crippen LogP contribution in [0.3, 0.4) is 0 Å². The summed E-state index contributed by atoms with van der Waals surface area (Å²) in [6.45, 7) is 0.219. The molecule has 2 N–H and O–H groups in total. The van der Waals surface area contributed by atoms with E-state index in [9.17, 15) is 14.5 Å². The lowest BCUT2D eigenvalue weighted by Crippen LogP contribution is -2.04. The van der Waals surface area contributed by atoms with Crippen molar-refractivity contribution >= 4 is 11.4 Å². The van der Waals surface area contributed by atoms with Gasteiger partial charge < -0.3 is 10.3 Å². The summed E-state index contributed by atoms with van der Waals surface area (Å²) in [5, 5.41) is 13.8. The van der Waals surface area contributed by atoms with Crippen LogP contribution in [-0.2, 0) is 6.54 Å². The molecule has 0 radical (unpaired) electrons. The normalized spacial score (nSPS) is 10.5. The van der Waals surface area contributed by atoms with E-state index in [4.69, 9.17) is 0 Å². The average Bonchev–Trinajstić information content (AvgIpc) is 3.02. The van der Waals surface area contributed by atoms with Crippen molar-refractivity contribution in [1.82, 2.24) is 9.97 Å². The fraction of sp³-hybridized carbons (Fsp3) is 0.0625. The number of imidazole rings is 1. The third-order valence-corrected chi connectivity index (χ3v) is 3.31. The molecule has 23 heavy (non-hydrogen) atoms. The van der Waals surface area contributed by atoms with Gasteiger partial charge >= 0.3 is 0 Å². The van der Waals surface area contributed by atoms with E-state index < -0.39 is 10.7 Å². The first-order chi connectivity index (χ1) is 11.1. The van der Waals surface area contributed by atoms with Crippen LogP contribution in [0.2, 0.25) is 0 Å². The largest absolute Gasteiger partial charge is 0.372 e. The molecule has 7 heteroatoms. The number of rotatable bonds is 5. The van der Waals surface area contributed by atoms with Gasteiger partial charge in [-0.2, -0.15) is 0 Å². The van der Waals surface area contributed by atoms with Gasteiger partial charge in [-0.05, 0) is 11.6 Å². The van der Waals surface area contributed by atoms with Crippen LogP contribution < -0.4 is 5.32 Å². The molecule has 0 aliphatic rings. The molecule has 1 aromatic heterocycles. The van der Waals surface area contributed by atoms with Crippen molar-refractivity contribution in [1.29, 1.82) is 0 Å². The molecular formula is C16H13FN4O2. The predicted molar refractivity (Wildman–Crippen MR) is 84.4 cm³/mol. The van der Waals surface area contributed by atoms with Crippen molar-refractivity contribution < 1.29 is 9.31 Å². The number of halogens is 1. The Kier molecular flexibility index (Phi) is 4.01. The molecule has 0 unspecified atom stereocenters. The number of anilines is 1.